The second kappa shape index (κ2) is 7.11. The maximum Gasteiger partial charge on any atom is 0.232 e. The molecule has 1 aliphatic heterocycles. The minimum absolute atomic E-state index is 0.0473. The van der Waals surface area contributed by atoms with E-state index in [2.05, 4.69) is 0 Å². The number of para-hydroxylation sites is 1. The molecule has 0 bridgehead atoms. The van der Waals surface area contributed by atoms with E-state index in [1.807, 2.05) is 50.2 Å². The minimum atomic E-state index is -3.47. The van der Waals surface area contributed by atoms with Gasteiger partial charge in [0.1, 0.15) is 0 Å². The fourth-order valence-electron chi connectivity index (χ4n) is 3.40. The summed E-state index contributed by atoms with van der Waals surface area (Å²) in [5.41, 5.74) is 4.68. The first-order valence-electron chi connectivity index (χ1n) is 8.71. The first-order valence-corrected chi connectivity index (χ1v) is 10.6. The number of hydrogen-bond donors (Lipinski definition) is 0. The van der Waals surface area contributed by atoms with Crippen LogP contribution in [0.25, 0.3) is 0 Å². The minimum Gasteiger partial charge on any atom is -0.312 e. The van der Waals surface area contributed by atoms with Crippen molar-refractivity contribution in [2.24, 2.45) is 0 Å². The van der Waals surface area contributed by atoms with Gasteiger partial charge in [0.2, 0.25) is 15.9 Å². The SMILES string of the molecule is Cc1cccc(N(CCC(=O)N2CCc3ccccc32)S(C)(=O)=O)c1C. The quantitative estimate of drug-likeness (QED) is 0.811. The highest BCUT2D eigenvalue weighted by Crippen LogP contribution is 2.29. The first-order chi connectivity index (χ1) is 12.3. The van der Waals surface area contributed by atoms with Gasteiger partial charge in [0.15, 0.2) is 0 Å². The highest BCUT2D eigenvalue weighted by molar-refractivity contribution is 7.92. The van der Waals surface area contributed by atoms with Crippen molar-refractivity contribution < 1.29 is 13.2 Å². The Hall–Kier alpha value is -2.34. The van der Waals surface area contributed by atoms with E-state index in [4.69, 9.17) is 0 Å². The van der Waals surface area contributed by atoms with Gasteiger partial charge in [-0.1, -0.05) is 30.3 Å². The molecule has 5 nitrogen and oxygen atoms in total. The van der Waals surface area contributed by atoms with Crippen LogP contribution in [-0.2, 0) is 21.2 Å². The molecule has 138 valence electrons. The predicted octanol–water partition coefficient (Wildman–Crippen LogP) is 3.05. The highest BCUT2D eigenvalue weighted by Gasteiger charge is 2.26. The molecule has 0 radical (unpaired) electrons. The van der Waals surface area contributed by atoms with Gasteiger partial charge in [-0.25, -0.2) is 8.42 Å². The summed E-state index contributed by atoms with van der Waals surface area (Å²) in [5.74, 6) is -0.0473. The number of fused-ring (bicyclic) bond motifs is 1. The Kier molecular flexibility index (Phi) is 5.05. The summed E-state index contributed by atoms with van der Waals surface area (Å²) < 4.78 is 26.0. The number of rotatable bonds is 5. The van der Waals surface area contributed by atoms with E-state index in [0.717, 1.165) is 28.8 Å². The largest absolute Gasteiger partial charge is 0.312 e. The topological polar surface area (TPSA) is 57.7 Å². The van der Waals surface area contributed by atoms with Crippen molar-refractivity contribution in [2.45, 2.75) is 26.7 Å². The lowest BCUT2D eigenvalue weighted by molar-refractivity contribution is -0.118. The maximum absolute atomic E-state index is 12.7. The highest BCUT2D eigenvalue weighted by atomic mass is 32.2. The summed E-state index contributed by atoms with van der Waals surface area (Å²) >= 11 is 0. The zero-order chi connectivity index (χ0) is 18.9. The number of carbonyl (C=O) groups is 1. The van der Waals surface area contributed by atoms with Crippen LogP contribution in [0.1, 0.15) is 23.1 Å². The van der Waals surface area contributed by atoms with E-state index < -0.39 is 10.0 Å². The van der Waals surface area contributed by atoms with Crippen molar-refractivity contribution in [3.05, 3.63) is 59.2 Å². The van der Waals surface area contributed by atoms with Gasteiger partial charge in [-0.2, -0.15) is 0 Å². The Balaban J connectivity index is 1.79. The average Bonchev–Trinajstić information content (AvgIpc) is 3.01. The number of benzene rings is 2. The van der Waals surface area contributed by atoms with E-state index in [0.29, 0.717) is 12.2 Å². The molecular weight excluding hydrogens is 348 g/mol. The molecule has 2 aromatic carbocycles. The molecule has 0 atom stereocenters. The van der Waals surface area contributed by atoms with Crippen molar-refractivity contribution >= 4 is 27.3 Å². The fraction of sp³-hybridized carbons (Fsp3) is 0.350. The summed E-state index contributed by atoms with van der Waals surface area (Å²) in [6.07, 6.45) is 2.17. The van der Waals surface area contributed by atoms with Crippen LogP contribution < -0.4 is 9.21 Å². The number of sulfonamides is 1. The number of nitrogens with zero attached hydrogens (tertiary/aromatic N) is 2. The Morgan fingerprint density at radius 2 is 1.85 bits per heavy atom. The number of aryl methyl sites for hydroxylation is 1. The number of hydrogen-bond acceptors (Lipinski definition) is 3. The van der Waals surface area contributed by atoms with E-state index >= 15 is 0 Å². The smallest absolute Gasteiger partial charge is 0.232 e. The van der Waals surface area contributed by atoms with Crippen LogP contribution in [0.2, 0.25) is 0 Å². The van der Waals surface area contributed by atoms with Gasteiger partial charge in [-0.3, -0.25) is 9.10 Å². The van der Waals surface area contributed by atoms with Gasteiger partial charge in [0.05, 0.1) is 11.9 Å². The number of amides is 1. The third-order valence-electron chi connectivity index (χ3n) is 4.96. The number of anilines is 2. The summed E-state index contributed by atoms with van der Waals surface area (Å²) in [4.78, 5) is 14.5. The van der Waals surface area contributed by atoms with Crippen LogP contribution in [0.3, 0.4) is 0 Å². The van der Waals surface area contributed by atoms with Crippen LogP contribution in [0.15, 0.2) is 42.5 Å². The molecule has 0 N–H and O–H groups in total. The van der Waals surface area contributed by atoms with E-state index in [9.17, 15) is 13.2 Å². The van der Waals surface area contributed by atoms with Gasteiger partial charge >= 0.3 is 0 Å². The molecule has 0 aliphatic carbocycles. The van der Waals surface area contributed by atoms with E-state index in [-0.39, 0.29) is 18.9 Å². The second-order valence-electron chi connectivity index (χ2n) is 6.73. The standard InChI is InChI=1S/C20H24N2O3S/c1-15-7-6-10-18(16(15)2)22(26(3,24)25)14-12-20(23)21-13-11-17-8-4-5-9-19(17)21/h4-10H,11-14H2,1-3H3. The molecular formula is C20H24N2O3S. The molecule has 0 aromatic heterocycles. The van der Waals surface area contributed by atoms with Crippen molar-refractivity contribution in [3.8, 4) is 0 Å². The molecule has 0 spiro atoms. The fourth-order valence-corrected chi connectivity index (χ4v) is 4.38. The lowest BCUT2D eigenvalue weighted by atomic mass is 10.1. The van der Waals surface area contributed by atoms with Gasteiger partial charge < -0.3 is 4.90 Å². The summed E-state index contributed by atoms with van der Waals surface area (Å²) in [7, 11) is -3.47. The molecule has 1 aliphatic rings. The lowest BCUT2D eigenvalue weighted by Crippen LogP contribution is -2.36. The monoisotopic (exact) mass is 372 g/mol. The summed E-state index contributed by atoms with van der Waals surface area (Å²) in [6, 6.07) is 13.4. The maximum atomic E-state index is 12.7. The molecule has 0 saturated carbocycles. The van der Waals surface area contributed by atoms with Crippen molar-refractivity contribution in [1.82, 2.24) is 0 Å². The summed E-state index contributed by atoms with van der Waals surface area (Å²) in [6.45, 7) is 4.65. The molecule has 0 fully saturated rings. The second-order valence-corrected chi connectivity index (χ2v) is 8.64. The zero-order valence-corrected chi connectivity index (χ0v) is 16.2. The third kappa shape index (κ3) is 3.60. The predicted molar refractivity (Wildman–Crippen MR) is 105 cm³/mol. The van der Waals surface area contributed by atoms with Crippen molar-refractivity contribution in [3.63, 3.8) is 0 Å². The van der Waals surface area contributed by atoms with Gasteiger partial charge in [-0.15, -0.1) is 0 Å². The molecule has 6 heteroatoms. The molecule has 1 heterocycles. The normalized spacial score (nSPS) is 13.6. The van der Waals surface area contributed by atoms with Crippen molar-refractivity contribution in [2.75, 3.05) is 28.6 Å². The van der Waals surface area contributed by atoms with E-state index in [1.54, 1.807) is 11.0 Å². The Morgan fingerprint density at radius 1 is 1.12 bits per heavy atom. The van der Waals surface area contributed by atoms with Gasteiger partial charge in [0, 0.05) is 25.2 Å². The van der Waals surface area contributed by atoms with E-state index in [1.165, 1.54) is 10.6 Å². The van der Waals surface area contributed by atoms with Gasteiger partial charge in [-0.05, 0) is 49.1 Å². The summed E-state index contributed by atoms with van der Waals surface area (Å²) in [5, 5.41) is 0. The van der Waals surface area contributed by atoms with Crippen LogP contribution in [0, 0.1) is 13.8 Å². The Morgan fingerprint density at radius 3 is 2.58 bits per heavy atom. The molecule has 3 rings (SSSR count). The third-order valence-corrected chi connectivity index (χ3v) is 6.14. The van der Waals surface area contributed by atoms with Crippen LogP contribution in [0.4, 0.5) is 11.4 Å². The van der Waals surface area contributed by atoms with Crippen LogP contribution >= 0.6 is 0 Å². The van der Waals surface area contributed by atoms with Gasteiger partial charge in [0.25, 0.3) is 0 Å². The molecule has 26 heavy (non-hydrogen) atoms. The first kappa shape index (κ1) is 18.5. The lowest BCUT2D eigenvalue weighted by Gasteiger charge is -2.26. The Bertz CT molecular complexity index is 938. The molecule has 0 unspecified atom stereocenters. The number of carbonyl (C=O) groups excluding carboxylic acids is 1. The molecule has 0 saturated heterocycles. The zero-order valence-electron chi connectivity index (χ0n) is 15.4. The average molecular weight is 372 g/mol. The Labute approximate surface area is 155 Å². The molecule has 2 aromatic rings. The van der Waals surface area contributed by atoms with Crippen LogP contribution in [-0.4, -0.2) is 33.7 Å². The van der Waals surface area contributed by atoms with Crippen LogP contribution in [0.5, 0.6) is 0 Å². The van der Waals surface area contributed by atoms with Crippen molar-refractivity contribution in [1.29, 1.82) is 0 Å². The molecule has 1 amide bonds.